The third-order valence-electron chi connectivity index (χ3n) is 6.47. The third-order valence-corrected chi connectivity index (χ3v) is 7.21. The number of carbonyl (C=O) groups is 1. The van der Waals surface area contributed by atoms with Crippen LogP contribution in [0.1, 0.15) is 45.1 Å². The average Bonchev–Trinajstić information content (AvgIpc) is 2.79. The molecule has 0 spiro atoms. The van der Waals surface area contributed by atoms with Crippen LogP contribution >= 0.6 is 23.2 Å². The van der Waals surface area contributed by atoms with Crippen molar-refractivity contribution in [2.75, 3.05) is 11.9 Å². The first-order valence-corrected chi connectivity index (χ1v) is 11.8. The summed E-state index contributed by atoms with van der Waals surface area (Å²) in [6.45, 7) is 4.53. The van der Waals surface area contributed by atoms with Gasteiger partial charge in [-0.25, -0.2) is 0 Å². The Bertz CT molecular complexity index is 902. The molecule has 1 aromatic heterocycles. The zero-order valence-electron chi connectivity index (χ0n) is 18.5. The number of benzene rings is 1. The smallest absolute Gasteiger partial charge is 0.237 e. The lowest BCUT2D eigenvalue weighted by atomic mass is 9.77. The van der Waals surface area contributed by atoms with E-state index in [1.54, 1.807) is 18.5 Å². The average molecular weight is 479 g/mol. The quantitative estimate of drug-likeness (QED) is 0.422. The summed E-state index contributed by atoms with van der Waals surface area (Å²) in [5.74, 6) is 0.0905. The molecule has 1 aliphatic rings. The van der Waals surface area contributed by atoms with Crippen LogP contribution in [0.2, 0.25) is 10.0 Å². The highest BCUT2D eigenvalue weighted by Crippen LogP contribution is 2.33. The standard InChI is InChI=1S/C24H32Cl2N4O2/c1-24(2,17-7-8-19(25)20(26)13-17)14-29-23(32)21(27)15-3-5-16(6-4-15)22(31)30-18-9-11-28-12-10-18/h7-13,15-16,21-22,31H,3-6,14,27H2,1-2H3,(H,28,30)(H,29,32). The van der Waals surface area contributed by atoms with Gasteiger partial charge in [0, 0.05) is 36.0 Å². The van der Waals surface area contributed by atoms with Crippen LogP contribution in [-0.2, 0) is 10.2 Å². The van der Waals surface area contributed by atoms with Gasteiger partial charge in [0.2, 0.25) is 5.91 Å². The molecule has 0 radical (unpaired) electrons. The van der Waals surface area contributed by atoms with E-state index < -0.39 is 12.3 Å². The molecule has 1 aliphatic carbocycles. The van der Waals surface area contributed by atoms with E-state index in [4.69, 9.17) is 28.9 Å². The Hall–Kier alpha value is -1.86. The van der Waals surface area contributed by atoms with Crippen LogP contribution in [0.25, 0.3) is 0 Å². The van der Waals surface area contributed by atoms with Crippen LogP contribution < -0.4 is 16.4 Å². The molecule has 8 heteroatoms. The van der Waals surface area contributed by atoms with E-state index in [2.05, 4.69) is 15.6 Å². The second kappa shape index (κ2) is 10.8. The summed E-state index contributed by atoms with van der Waals surface area (Å²) in [5.41, 5.74) is 7.84. The first-order valence-electron chi connectivity index (χ1n) is 11.0. The van der Waals surface area contributed by atoms with Gasteiger partial charge in [0.25, 0.3) is 0 Å². The summed E-state index contributed by atoms with van der Waals surface area (Å²) >= 11 is 12.2. The number of aromatic nitrogens is 1. The van der Waals surface area contributed by atoms with Gasteiger partial charge in [0.05, 0.1) is 16.1 Å². The van der Waals surface area contributed by atoms with Crippen LogP contribution in [0.3, 0.4) is 0 Å². The Labute approximate surface area is 199 Å². The molecule has 1 aromatic carbocycles. The van der Waals surface area contributed by atoms with Crippen LogP contribution in [0.4, 0.5) is 5.69 Å². The zero-order valence-corrected chi connectivity index (χ0v) is 20.0. The van der Waals surface area contributed by atoms with Gasteiger partial charge in [-0.2, -0.15) is 0 Å². The second-order valence-corrected chi connectivity index (χ2v) is 10.1. The molecule has 6 nitrogen and oxygen atoms in total. The first kappa shape index (κ1) is 24.8. The maximum absolute atomic E-state index is 12.7. The number of amides is 1. The molecular weight excluding hydrogens is 447 g/mol. The maximum Gasteiger partial charge on any atom is 0.237 e. The number of halogens is 2. The highest BCUT2D eigenvalue weighted by Gasteiger charge is 2.33. The zero-order chi connectivity index (χ0) is 23.3. The molecular formula is C24H32Cl2N4O2. The molecule has 1 fully saturated rings. The van der Waals surface area contributed by atoms with Crippen LogP contribution in [0.15, 0.2) is 42.7 Å². The van der Waals surface area contributed by atoms with Gasteiger partial charge in [0.15, 0.2) is 0 Å². The van der Waals surface area contributed by atoms with Crippen molar-refractivity contribution in [3.63, 3.8) is 0 Å². The fraction of sp³-hybridized carbons (Fsp3) is 0.500. The van der Waals surface area contributed by atoms with Crippen molar-refractivity contribution < 1.29 is 9.90 Å². The molecule has 1 saturated carbocycles. The molecule has 1 heterocycles. The summed E-state index contributed by atoms with van der Waals surface area (Å²) in [5, 5.41) is 17.7. The summed E-state index contributed by atoms with van der Waals surface area (Å²) in [6.07, 6.45) is 6.00. The molecule has 1 amide bonds. The number of carbonyl (C=O) groups excluding carboxylic acids is 1. The lowest BCUT2D eigenvalue weighted by molar-refractivity contribution is -0.124. The Kier molecular flexibility index (Phi) is 8.39. The van der Waals surface area contributed by atoms with E-state index in [-0.39, 0.29) is 23.2 Å². The topological polar surface area (TPSA) is 100 Å². The summed E-state index contributed by atoms with van der Waals surface area (Å²) in [7, 11) is 0. The van der Waals surface area contributed by atoms with E-state index in [1.165, 1.54) is 0 Å². The third kappa shape index (κ3) is 6.35. The fourth-order valence-electron chi connectivity index (χ4n) is 4.22. The predicted octanol–water partition coefficient (Wildman–Crippen LogP) is 4.35. The van der Waals surface area contributed by atoms with Crippen molar-refractivity contribution in [2.24, 2.45) is 17.6 Å². The Morgan fingerprint density at radius 3 is 2.38 bits per heavy atom. The van der Waals surface area contributed by atoms with Gasteiger partial charge in [-0.05, 0) is 61.4 Å². The number of anilines is 1. The summed E-state index contributed by atoms with van der Waals surface area (Å²) < 4.78 is 0. The number of nitrogens with one attached hydrogen (secondary N) is 2. The monoisotopic (exact) mass is 478 g/mol. The molecule has 32 heavy (non-hydrogen) atoms. The van der Waals surface area contributed by atoms with Crippen molar-refractivity contribution in [1.29, 1.82) is 0 Å². The second-order valence-electron chi connectivity index (χ2n) is 9.26. The van der Waals surface area contributed by atoms with Gasteiger partial charge in [0.1, 0.15) is 6.23 Å². The van der Waals surface area contributed by atoms with E-state index >= 15 is 0 Å². The SMILES string of the molecule is CC(C)(CNC(=O)C(N)C1CCC(C(O)Nc2ccncc2)CC1)c1ccc(Cl)c(Cl)c1. The number of aliphatic hydroxyl groups is 1. The van der Waals surface area contributed by atoms with Gasteiger partial charge in [-0.1, -0.05) is 43.1 Å². The lowest BCUT2D eigenvalue weighted by Gasteiger charge is -2.34. The molecule has 0 aliphatic heterocycles. The Morgan fingerprint density at radius 2 is 1.75 bits per heavy atom. The Morgan fingerprint density at radius 1 is 1.12 bits per heavy atom. The number of nitrogens with two attached hydrogens (primary N) is 1. The van der Waals surface area contributed by atoms with Crippen LogP contribution in [0.5, 0.6) is 0 Å². The lowest BCUT2D eigenvalue weighted by Crippen LogP contribution is -2.49. The molecule has 174 valence electrons. The first-order chi connectivity index (χ1) is 15.2. The molecule has 2 unspecified atom stereocenters. The van der Waals surface area contributed by atoms with Crippen molar-refractivity contribution in [2.45, 2.75) is 57.2 Å². The van der Waals surface area contributed by atoms with Gasteiger partial charge in [-0.15, -0.1) is 0 Å². The fourth-order valence-corrected chi connectivity index (χ4v) is 4.51. The van der Waals surface area contributed by atoms with Crippen molar-refractivity contribution in [1.82, 2.24) is 10.3 Å². The molecule has 5 N–H and O–H groups in total. The maximum atomic E-state index is 12.7. The number of aliphatic hydroxyl groups excluding tert-OH is 1. The summed E-state index contributed by atoms with van der Waals surface area (Å²) in [4.78, 5) is 16.7. The predicted molar refractivity (Wildman–Crippen MR) is 130 cm³/mol. The molecule has 2 atom stereocenters. The van der Waals surface area contributed by atoms with Gasteiger partial charge in [-0.3, -0.25) is 9.78 Å². The largest absolute Gasteiger partial charge is 0.374 e. The number of nitrogens with zero attached hydrogens (tertiary/aromatic N) is 1. The number of pyridine rings is 1. The Balaban J connectivity index is 1.47. The van der Waals surface area contributed by atoms with E-state index in [0.29, 0.717) is 16.6 Å². The van der Waals surface area contributed by atoms with Crippen molar-refractivity contribution >= 4 is 34.8 Å². The number of hydrogen-bond acceptors (Lipinski definition) is 5. The van der Waals surface area contributed by atoms with Crippen LogP contribution in [0, 0.1) is 11.8 Å². The van der Waals surface area contributed by atoms with Crippen LogP contribution in [-0.4, -0.2) is 34.8 Å². The molecule has 2 aromatic rings. The van der Waals surface area contributed by atoms with E-state index in [9.17, 15) is 9.90 Å². The summed E-state index contributed by atoms with van der Waals surface area (Å²) in [6, 6.07) is 8.62. The van der Waals surface area contributed by atoms with Gasteiger partial charge < -0.3 is 21.5 Å². The van der Waals surface area contributed by atoms with Gasteiger partial charge >= 0.3 is 0 Å². The minimum Gasteiger partial charge on any atom is -0.374 e. The minimum atomic E-state index is -0.629. The molecule has 3 rings (SSSR count). The highest BCUT2D eigenvalue weighted by atomic mass is 35.5. The number of rotatable bonds is 8. The normalized spacial score (nSPS) is 20.9. The van der Waals surface area contributed by atoms with E-state index in [0.717, 1.165) is 36.9 Å². The number of hydrogen-bond donors (Lipinski definition) is 4. The highest BCUT2D eigenvalue weighted by molar-refractivity contribution is 6.42. The van der Waals surface area contributed by atoms with Crippen molar-refractivity contribution in [3.8, 4) is 0 Å². The van der Waals surface area contributed by atoms with Crippen molar-refractivity contribution in [3.05, 3.63) is 58.3 Å². The van der Waals surface area contributed by atoms with E-state index in [1.807, 2.05) is 38.1 Å². The molecule has 0 saturated heterocycles. The molecule has 0 bridgehead atoms. The minimum absolute atomic E-state index is 0.104.